The van der Waals surface area contributed by atoms with Crippen molar-refractivity contribution in [2.24, 2.45) is 0 Å². The normalized spacial score (nSPS) is 9.68. The zero-order chi connectivity index (χ0) is 21.1. The van der Waals surface area contributed by atoms with Gasteiger partial charge < -0.3 is 14.6 Å². The summed E-state index contributed by atoms with van der Waals surface area (Å²) in [7, 11) is 0. The van der Waals surface area contributed by atoms with E-state index in [-0.39, 0.29) is 30.1 Å². The molecule has 0 aliphatic carbocycles. The zero-order valence-electron chi connectivity index (χ0n) is 15.8. The molecule has 0 aliphatic rings. The SMILES string of the molecule is CC.CSNc1ccc([N+](=O)[O-])cc1Oc1cccc(C(=O)CCC(=O)O)c1. The first-order valence-corrected chi connectivity index (χ1v) is 9.73. The number of nitrogens with one attached hydrogen (secondary N) is 1. The lowest BCUT2D eigenvalue weighted by atomic mass is 10.1. The van der Waals surface area contributed by atoms with Crippen molar-refractivity contribution in [2.75, 3.05) is 11.0 Å². The number of ether oxygens (including phenoxy) is 1. The van der Waals surface area contributed by atoms with Gasteiger partial charge in [0.15, 0.2) is 11.5 Å². The van der Waals surface area contributed by atoms with Crippen LogP contribution in [0.25, 0.3) is 0 Å². The van der Waals surface area contributed by atoms with E-state index >= 15 is 0 Å². The molecule has 2 aromatic rings. The third-order valence-corrected chi connectivity index (χ3v) is 3.76. The minimum atomic E-state index is -1.05. The van der Waals surface area contributed by atoms with Gasteiger partial charge in [0.05, 0.1) is 23.1 Å². The number of hydrogen-bond donors (Lipinski definition) is 2. The second kappa shape index (κ2) is 11.6. The smallest absolute Gasteiger partial charge is 0.303 e. The van der Waals surface area contributed by atoms with Crippen molar-refractivity contribution in [1.82, 2.24) is 0 Å². The maximum absolute atomic E-state index is 12.0. The topological polar surface area (TPSA) is 119 Å². The first-order valence-electron chi connectivity index (χ1n) is 8.51. The minimum absolute atomic E-state index is 0.116. The van der Waals surface area contributed by atoms with Gasteiger partial charge >= 0.3 is 5.97 Å². The molecule has 0 aliphatic heterocycles. The first kappa shape index (κ1) is 23.0. The molecule has 0 unspecified atom stereocenters. The number of benzene rings is 2. The van der Waals surface area contributed by atoms with E-state index in [1.807, 2.05) is 13.8 Å². The van der Waals surface area contributed by atoms with Crippen molar-refractivity contribution in [3.63, 3.8) is 0 Å². The van der Waals surface area contributed by atoms with E-state index < -0.39 is 10.9 Å². The fourth-order valence-electron chi connectivity index (χ4n) is 2.13. The van der Waals surface area contributed by atoms with E-state index in [2.05, 4.69) is 4.72 Å². The van der Waals surface area contributed by atoms with Gasteiger partial charge in [0.1, 0.15) is 5.75 Å². The molecule has 28 heavy (non-hydrogen) atoms. The van der Waals surface area contributed by atoms with Gasteiger partial charge in [-0.15, -0.1) is 0 Å². The molecule has 0 aromatic heterocycles. The minimum Gasteiger partial charge on any atom is -0.481 e. The molecule has 0 amide bonds. The van der Waals surface area contributed by atoms with Gasteiger partial charge in [-0.25, -0.2) is 0 Å². The first-order chi connectivity index (χ1) is 13.4. The number of anilines is 1. The molecular weight excluding hydrogens is 384 g/mol. The van der Waals surface area contributed by atoms with E-state index in [0.717, 1.165) is 0 Å². The van der Waals surface area contributed by atoms with Crippen molar-refractivity contribution in [1.29, 1.82) is 0 Å². The molecule has 2 aromatic carbocycles. The van der Waals surface area contributed by atoms with E-state index in [9.17, 15) is 19.7 Å². The number of aliphatic carboxylic acids is 1. The number of carboxylic acid groups (broad SMARTS) is 1. The summed E-state index contributed by atoms with van der Waals surface area (Å²) in [5.74, 6) is -0.811. The maximum atomic E-state index is 12.0. The molecule has 0 saturated heterocycles. The van der Waals surface area contributed by atoms with Crippen LogP contribution in [-0.4, -0.2) is 28.0 Å². The number of hydrogen-bond acceptors (Lipinski definition) is 7. The third-order valence-electron chi connectivity index (χ3n) is 3.34. The van der Waals surface area contributed by atoms with Gasteiger partial charge in [0.2, 0.25) is 0 Å². The van der Waals surface area contributed by atoms with Crippen molar-refractivity contribution >= 4 is 35.1 Å². The van der Waals surface area contributed by atoms with Gasteiger partial charge in [-0.1, -0.05) is 37.9 Å². The number of nitro groups is 1. The second-order valence-corrected chi connectivity index (χ2v) is 5.80. The number of rotatable bonds is 9. The molecule has 0 spiro atoms. The Morgan fingerprint density at radius 1 is 1.18 bits per heavy atom. The predicted molar refractivity (Wildman–Crippen MR) is 109 cm³/mol. The molecular formula is C19H22N2O6S. The number of non-ortho nitro benzene ring substituents is 1. The Bertz CT molecular complexity index is 841. The number of carbonyl (C=O) groups is 2. The summed E-state index contributed by atoms with van der Waals surface area (Å²) in [6, 6.07) is 10.4. The summed E-state index contributed by atoms with van der Waals surface area (Å²) in [4.78, 5) is 33.1. The Kier molecular flexibility index (Phi) is 9.52. The van der Waals surface area contributed by atoms with Crippen molar-refractivity contribution in [3.8, 4) is 11.5 Å². The lowest BCUT2D eigenvalue weighted by Crippen LogP contribution is -2.04. The third kappa shape index (κ3) is 6.92. The van der Waals surface area contributed by atoms with Crippen LogP contribution in [0.4, 0.5) is 11.4 Å². The van der Waals surface area contributed by atoms with Crippen LogP contribution in [0.2, 0.25) is 0 Å². The van der Waals surface area contributed by atoms with Gasteiger partial charge in [0, 0.05) is 24.3 Å². The number of nitro benzene ring substituents is 1. The predicted octanol–water partition coefficient (Wildman–Crippen LogP) is 5.15. The summed E-state index contributed by atoms with van der Waals surface area (Å²) in [5, 5.41) is 19.6. The molecule has 0 bridgehead atoms. The van der Waals surface area contributed by atoms with Crippen LogP contribution >= 0.6 is 11.9 Å². The van der Waals surface area contributed by atoms with Crippen LogP contribution in [-0.2, 0) is 4.79 Å². The number of nitrogens with zero attached hydrogens (tertiary/aromatic N) is 1. The van der Waals surface area contributed by atoms with Gasteiger partial charge in [0.25, 0.3) is 5.69 Å². The highest BCUT2D eigenvalue weighted by atomic mass is 32.2. The molecule has 2 rings (SSSR count). The maximum Gasteiger partial charge on any atom is 0.303 e. The number of carboxylic acids is 1. The summed E-state index contributed by atoms with van der Waals surface area (Å²) >= 11 is 1.30. The molecule has 9 heteroatoms. The molecule has 0 atom stereocenters. The lowest BCUT2D eigenvalue weighted by molar-refractivity contribution is -0.384. The highest BCUT2D eigenvalue weighted by molar-refractivity contribution is 7.99. The van der Waals surface area contributed by atoms with Crippen LogP contribution in [0, 0.1) is 10.1 Å². The van der Waals surface area contributed by atoms with Crippen molar-refractivity contribution in [3.05, 3.63) is 58.1 Å². The van der Waals surface area contributed by atoms with Crippen LogP contribution < -0.4 is 9.46 Å². The molecule has 0 fully saturated rings. The number of carbonyl (C=O) groups excluding carboxylic acids is 1. The van der Waals surface area contributed by atoms with E-state index in [0.29, 0.717) is 17.0 Å². The summed E-state index contributed by atoms with van der Waals surface area (Å²) in [6.07, 6.45) is 1.43. The summed E-state index contributed by atoms with van der Waals surface area (Å²) in [5.41, 5.74) is 0.736. The van der Waals surface area contributed by atoms with E-state index in [1.165, 1.54) is 36.2 Å². The molecule has 8 nitrogen and oxygen atoms in total. The largest absolute Gasteiger partial charge is 0.481 e. The quantitative estimate of drug-likeness (QED) is 0.254. The van der Waals surface area contributed by atoms with Crippen molar-refractivity contribution in [2.45, 2.75) is 26.7 Å². The number of Topliss-reactive ketones (excluding diaryl/α,β-unsaturated/α-hetero) is 1. The Balaban J connectivity index is 0.00000190. The van der Waals surface area contributed by atoms with Crippen LogP contribution in [0.5, 0.6) is 11.5 Å². The molecule has 0 saturated carbocycles. The highest BCUT2D eigenvalue weighted by Crippen LogP contribution is 2.34. The Labute approximate surface area is 167 Å². The second-order valence-electron chi connectivity index (χ2n) is 5.19. The average Bonchev–Trinajstić information content (AvgIpc) is 2.69. The number of ketones is 1. The molecule has 2 N–H and O–H groups in total. The Morgan fingerprint density at radius 2 is 1.89 bits per heavy atom. The van der Waals surface area contributed by atoms with Crippen molar-refractivity contribution < 1.29 is 24.4 Å². The summed E-state index contributed by atoms with van der Waals surface area (Å²) < 4.78 is 8.69. The molecule has 0 radical (unpaired) electrons. The molecule has 150 valence electrons. The van der Waals surface area contributed by atoms with Crippen LogP contribution in [0.15, 0.2) is 42.5 Å². The fraction of sp³-hybridized carbons (Fsp3) is 0.263. The van der Waals surface area contributed by atoms with E-state index in [1.54, 1.807) is 24.5 Å². The standard InChI is InChI=1S/C17H16N2O6S.C2H6/c1-26-18-14-6-5-12(19(23)24)10-16(14)25-13-4-2-3-11(9-13)15(20)7-8-17(21)22;1-2/h2-6,9-10,18H,7-8H2,1H3,(H,21,22);1-2H3. The van der Waals surface area contributed by atoms with Gasteiger partial charge in [-0.05, 0) is 18.2 Å². The van der Waals surface area contributed by atoms with E-state index in [4.69, 9.17) is 9.84 Å². The van der Waals surface area contributed by atoms with Gasteiger partial charge in [-0.3, -0.25) is 19.7 Å². The zero-order valence-corrected chi connectivity index (χ0v) is 16.6. The highest BCUT2D eigenvalue weighted by Gasteiger charge is 2.14. The summed E-state index contributed by atoms with van der Waals surface area (Å²) in [6.45, 7) is 4.00. The monoisotopic (exact) mass is 406 g/mol. The Morgan fingerprint density at radius 3 is 2.50 bits per heavy atom. The van der Waals surface area contributed by atoms with Gasteiger partial charge in [-0.2, -0.15) is 0 Å². The lowest BCUT2D eigenvalue weighted by Gasteiger charge is -2.12. The average molecular weight is 406 g/mol. The van der Waals surface area contributed by atoms with Crippen LogP contribution in [0.1, 0.15) is 37.0 Å². The van der Waals surface area contributed by atoms with Crippen LogP contribution in [0.3, 0.4) is 0 Å². The Hall–Kier alpha value is -3.07. The molecule has 0 heterocycles. The fourth-order valence-corrected chi connectivity index (χ4v) is 2.52.